The predicted molar refractivity (Wildman–Crippen MR) is 109 cm³/mol. The number of ether oxygens (including phenoxy) is 1. The third kappa shape index (κ3) is 3.41. The minimum atomic E-state index is 0.137. The Balaban J connectivity index is 1.89. The molecule has 2 aromatic heterocycles. The maximum Gasteiger partial charge on any atom is 0.137 e. The van der Waals surface area contributed by atoms with Crippen molar-refractivity contribution in [2.24, 2.45) is 0 Å². The van der Waals surface area contributed by atoms with E-state index in [0.717, 1.165) is 58.8 Å². The van der Waals surface area contributed by atoms with Gasteiger partial charge in [0.05, 0.1) is 29.1 Å². The van der Waals surface area contributed by atoms with E-state index in [1.807, 2.05) is 6.07 Å². The fourth-order valence-electron chi connectivity index (χ4n) is 3.56. The van der Waals surface area contributed by atoms with Crippen LogP contribution < -0.4 is 5.32 Å². The number of pyridine rings is 1. The van der Waals surface area contributed by atoms with Crippen LogP contribution in [0.4, 0.5) is 0 Å². The Morgan fingerprint density at radius 3 is 2.92 bits per heavy atom. The Bertz CT molecular complexity index is 940. The lowest BCUT2D eigenvalue weighted by molar-refractivity contribution is 0.0286. The van der Waals surface area contributed by atoms with Crippen molar-refractivity contribution in [1.29, 1.82) is 0 Å². The summed E-state index contributed by atoms with van der Waals surface area (Å²) in [6, 6.07) is 8.23. The number of morpholine rings is 1. The molecule has 0 radical (unpaired) electrons. The van der Waals surface area contributed by atoms with Crippen molar-refractivity contribution >= 4 is 33.2 Å². The highest BCUT2D eigenvalue weighted by Crippen LogP contribution is 2.36. The van der Waals surface area contributed by atoms with E-state index in [9.17, 15) is 0 Å². The van der Waals surface area contributed by atoms with Gasteiger partial charge in [0.25, 0.3) is 0 Å². The normalized spacial score (nSPS) is 17.8. The topological polar surface area (TPSA) is 38.6 Å². The SMILES string of the molecule is Cc1ccn2c(C[C@H]3CNCCO3)c(-c3c(C)cc(Br)cc3Cl)nc2c1. The first-order valence-corrected chi connectivity index (χ1v) is 9.96. The Morgan fingerprint density at radius 2 is 2.19 bits per heavy atom. The Kier molecular flexibility index (Phi) is 5.06. The van der Waals surface area contributed by atoms with Gasteiger partial charge < -0.3 is 14.5 Å². The largest absolute Gasteiger partial charge is 0.375 e. The molecular weight excluding hydrogens is 414 g/mol. The van der Waals surface area contributed by atoms with Crippen molar-refractivity contribution < 1.29 is 4.74 Å². The molecule has 3 heterocycles. The van der Waals surface area contributed by atoms with Crippen molar-refractivity contribution in [3.8, 4) is 11.3 Å². The van der Waals surface area contributed by atoms with E-state index in [0.29, 0.717) is 5.02 Å². The fourth-order valence-corrected chi connectivity index (χ4v) is 4.62. The molecule has 0 aliphatic carbocycles. The van der Waals surface area contributed by atoms with Gasteiger partial charge in [-0.15, -0.1) is 0 Å². The summed E-state index contributed by atoms with van der Waals surface area (Å²) in [6.07, 6.45) is 3.02. The smallest absolute Gasteiger partial charge is 0.137 e. The molecule has 3 aromatic rings. The molecule has 26 heavy (non-hydrogen) atoms. The van der Waals surface area contributed by atoms with E-state index in [1.165, 1.54) is 5.56 Å². The number of aryl methyl sites for hydroxylation is 2. The zero-order chi connectivity index (χ0) is 18.3. The maximum atomic E-state index is 6.62. The second-order valence-electron chi connectivity index (χ2n) is 6.82. The van der Waals surface area contributed by atoms with Crippen LogP contribution in [0.5, 0.6) is 0 Å². The van der Waals surface area contributed by atoms with Crippen LogP contribution in [0.25, 0.3) is 16.9 Å². The van der Waals surface area contributed by atoms with Crippen molar-refractivity contribution in [1.82, 2.24) is 14.7 Å². The number of benzene rings is 1. The Labute approximate surface area is 166 Å². The van der Waals surface area contributed by atoms with Crippen LogP contribution in [-0.4, -0.2) is 35.2 Å². The van der Waals surface area contributed by atoms with Crippen molar-refractivity contribution in [3.63, 3.8) is 0 Å². The van der Waals surface area contributed by atoms with Gasteiger partial charge in [0, 0.05) is 35.7 Å². The summed E-state index contributed by atoms with van der Waals surface area (Å²) in [7, 11) is 0. The average molecular weight is 435 g/mol. The third-order valence-electron chi connectivity index (χ3n) is 4.79. The number of hydrogen-bond donors (Lipinski definition) is 1. The first-order chi connectivity index (χ1) is 12.5. The predicted octanol–water partition coefficient (Wildman–Crippen LogP) is 4.56. The summed E-state index contributed by atoms with van der Waals surface area (Å²) < 4.78 is 9.09. The second kappa shape index (κ2) is 7.31. The van der Waals surface area contributed by atoms with Crippen LogP contribution >= 0.6 is 27.5 Å². The van der Waals surface area contributed by atoms with E-state index in [1.54, 1.807) is 0 Å². The minimum absolute atomic E-state index is 0.137. The highest BCUT2D eigenvalue weighted by molar-refractivity contribution is 9.10. The van der Waals surface area contributed by atoms with Crippen LogP contribution in [-0.2, 0) is 11.2 Å². The fraction of sp³-hybridized carbons (Fsp3) is 0.350. The summed E-state index contributed by atoms with van der Waals surface area (Å²) in [5.74, 6) is 0. The number of aromatic nitrogens is 2. The first kappa shape index (κ1) is 18.0. The van der Waals surface area contributed by atoms with Gasteiger partial charge in [-0.3, -0.25) is 0 Å². The van der Waals surface area contributed by atoms with Gasteiger partial charge in [-0.25, -0.2) is 4.98 Å². The molecule has 1 aliphatic rings. The summed E-state index contributed by atoms with van der Waals surface area (Å²) in [5.41, 5.74) is 6.32. The molecular formula is C20H21BrClN3O. The van der Waals surface area contributed by atoms with Crippen molar-refractivity contribution in [3.05, 3.63) is 56.8 Å². The zero-order valence-electron chi connectivity index (χ0n) is 14.9. The quantitative estimate of drug-likeness (QED) is 0.656. The van der Waals surface area contributed by atoms with Gasteiger partial charge in [-0.2, -0.15) is 0 Å². The first-order valence-electron chi connectivity index (χ1n) is 8.79. The summed E-state index contributed by atoms with van der Waals surface area (Å²) in [5, 5.41) is 4.12. The molecule has 1 atom stereocenters. The lowest BCUT2D eigenvalue weighted by Crippen LogP contribution is -2.39. The van der Waals surface area contributed by atoms with Gasteiger partial charge in [0.15, 0.2) is 0 Å². The summed E-state index contributed by atoms with van der Waals surface area (Å²) in [6.45, 7) is 6.66. The van der Waals surface area contributed by atoms with Crippen LogP contribution in [0.1, 0.15) is 16.8 Å². The molecule has 1 aromatic carbocycles. The van der Waals surface area contributed by atoms with E-state index in [-0.39, 0.29) is 6.10 Å². The molecule has 0 spiro atoms. The number of fused-ring (bicyclic) bond motifs is 1. The second-order valence-corrected chi connectivity index (χ2v) is 8.14. The number of nitrogens with one attached hydrogen (secondary N) is 1. The van der Waals surface area contributed by atoms with Gasteiger partial charge in [-0.1, -0.05) is 27.5 Å². The van der Waals surface area contributed by atoms with Gasteiger partial charge in [0.1, 0.15) is 5.65 Å². The average Bonchev–Trinajstić information content (AvgIpc) is 2.92. The third-order valence-corrected chi connectivity index (χ3v) is 5.55. The number of nitrogens with zero attached hydrogens (tertiary/aromatic N) is 2. The monoisotopic (exact) mass is 433 g/mol. The molecule has 136 valence electrons. The molecule has 1 saturated heterocycles. The van der Waals surface area contributed by atoms with E-state index in [2.05, 4.69) is 63.9 Å². The lowest BCUT2D eigenvalue weighted by Gasteiger charge is -2.24. The molecule has 1 N–H and O–H groups in total. The highest BCUT2D eigenvalue weighted by atomic mass is 79.9. The molecule has 0 bridgehead atoms. The molecule has 0 saturated carbocycles. The molecule has 1 fully saturated rings. The van der Waals surface area contributed by atoms with Crippen molar-refractivity contribution in [2.45, 2.75) is 26.4 Å². The number of hydrogen-bond acceptors (Lipinski definition) is 3. The van der Waals surface area contributed by atoms with Crippen LogP contribution in [0, 0.1) is 13.8 Å². The standard InChI is InChI=1S/C20H21BrClN3O/c1-12-3-5-25-17(10-15-11-23-4-6-26-15)20(24-18(25)7-12)19-13(2)8-14(21)9-16(19)22/h3,5,7-9,15,23H,4,6,10-11H2,1-2H3/t15-/m0/s1. The molecule has 1 aliphatic heterocycles. The molecule has 0 unspecified atom stereocenters. The molecule has 6 heteroatoms. The number of halogens is 2. The molecule has 0 amide bonds. The van der Waals surface area contributed by atoms with Gasteiger partial charge in [0.2, 0.25) is 0 Å². The zero-order valence-corrected chi connectivity index (χ0v) is 17.2. The van der Waals surface area contributed by atoms with E-state index in [4.69, 9.17) is 21.3 Å². The van der Waals surface area contributed by atoms with Gasteiger partial charge >= 0.3 is 0 Å². The van der Waals surface area contributed by atoms with Crippen LogP contribution in [0.3, 0.4) is 0 Å². The van der Waals surface area contributed by atoms with E-state index >= 15 is 0 Å². The summed E-state index contributed by atoms with van der Waals surface area (Å²) >= 11 is 10.1. The maximum absolute atomic E-state index is 6.62. The Hall–Kier alpha value is -1.40. The molecule has 4 nitrogen and oxygen atoms in total. The summed E-state index contributed by atoms with van der Waals surface area (Å²) in [4.78, 5) is 4.95. The number of imidazole rings is 1. The number of rotatable bonds is 3. The highest BCUT2D eigenvalue weighted by Gasteiger charge is 2.23. The Morgan fingerprint density at radius 1 is 1.35 bits per heavy atom. The van der Waals surface area contributed by atoms with Crippen LogP contribution in [0.2, 0.25) is 5.02 Å². The van der Waals surface area contributed by atoms with Crippen LogP contribution in [0.15, 0.2) is 34.9 Å². The minimum Gasteiger partial charge on any atom is -0.375 e. The van der Waals surface area contributed by atoms with Gasteiger partial charge in [-0.05, 0) is 49.2 Å². The van der Waals surface area contributed by atoms with Crippen molar-refractivity contribution in [2.75, 3.05) is 19.7 Å². The molecule has 4 rings (SSSR count). The van der Waals surface area contributed by atoms with E-state index < -0.39 is 0 Å². The lowest BCUT2D eigenvalue weighted by atomic mass is 10.0.